The molecule has 2 aliphatic rings. The lowest BCUT2D eigenvalue weighted by molar-refractivity contribution is -0.132. The van der Waals surface area contributed by atoms with Crippen molar-refractivity contribution in [3.63, 3.8) is 0 Å². The highest BCUT2D eigenvalue weighted by molar-refractivity contribution is 6.30. The Hall–Kier alpha value is -3.41. The summed E-state index contributed by atoms with van der Waals surface area (Å²) in [5.74, 6) is 0.403. The molecule has 0 bridgehead atoms. The van der Waals surface area contributed by atoms with E-state index < -0.39 is 0 Å². The number of hydrogen-bond acceptors (Lipinski definition) is 5. The number of nitrogens with one attached hydrogen (secondary N) is 2. The van der Waals surface area contributed by atoms with Crippen molar-refractivity contribution in [2.24, 2.45) is 10.1 Å². The molecule has 0 saturated carbocycles. The lowest BCUT2D eigenvalue weighted by atomic mass is 10.0. The summed E-state index contributed by atoms with van der Waals surface area (Å²) in [5.41, 5.74) is 2.83. The van der Waals surface area contributed by atoms with Crippen LogP contribution in [-0.2, 0) is 11.2 Å². The van der Waals surface area contributed by atoms with Gasteiger partial charge in [0.2, 0.25) is 18.1 Å². The zero-order valence-electron chi connectivity index (χ0n) is 17.5. The minimum Gasteiger partial charge on any atom is -0.354 e. The summed E-state index contributed by atoms with van der Waals surface area (Å²) >= 11 is 6.07. The summed E-state index contributed by atoms with van der Waals surface area (Å²) in [6.07, 6.45) is 2.65. The van der Waals surface area contributed by atoms with Gasteiger partial charge in [-0.25, -0.2) is 5.01 Å². The van der Waals surface area contributed by atoms with Crippen molar-refractivity contribution in [1.29, 1.82) is 5.26 Å². The molecule has 164 valence electrons. The monoisotopic (exact) mass is 449 g/mol. The third-order valence-corrected chi connectivity index (χ3v) is 5.72. The minimum absolute atomic E-state index is 0.0283. The number of amides is 1. The number of hydrogen-bond donors (Lipinski definition) is 2. The Labute approximate surface area is 192 Å². The maximum atomic E-state index is 12.6. The standard InChI is InChI=1S/C23H24ClN7O/c24-19-8-6-18(7-9-19)22-20(30-13-12-26-14-21(30)32)15-31(29-22)23(28-16-25)27-11-10-17-4-2-1-3-5-17/h1-9,20,26H,10-15H2,(H,27,28). The summed E-state index contributed by atoms with van der Waals surface area (Å²) in [4.78, 5) is 18.4. The molecule has 1 saturated heterocycles. The maximum absolute atomic E-state index is 12.6. The number of guanidine groups is 1. The average molecular weight is 450 g/mol. The molecule has 1 unspecified atom stereocenters. The fourth-order valence-electron chi connectivity index (χ4n) is 3.89. The van der Waals surface area contributed by atoms with Crippen molar-refractivity contribution in [2.75, 3.05) is 32.7 Å². The van der Waals surface area contributed by atoms with E-state index in [4.69, 9.17) is 16.7 Å². The van der Waals surface area contributed by atoms with E-state index in [1.54, 1.807) is 17.1 Å². The third kappa shape index (κ3) is 5.07. The van der Waals surface area contributed by atoms with Crippen LogP contribution in [0.2, 0.25) is 5.02 Å². The van der Waals surface area contributed by atoms with Crippen LogP contribution >= 0.6 is 11.6 Å². The van der Waals surface area contributed by atoms with E-state index in [0.29, 0.717) is 37.2 Å². The normalized spacial score (nSPS) is 19.0. The second-order valence-electron chi connectivity index (χ2n) is 7.55. The first-order valence-corrected chi connectivity index (χ1v) is 10.9. The molecule has 1 atom stereocenters. The van der Waals surface area contributed by atoms with Gasteiger partial charge in [0, 0.05) is 30.2 Å². The third-order valence-electron chi connectivity index (χ3n) is 5.47. The van der Waals surface area contributed by atoms with Gasteiger partial charge in [-0.05, 0) is 24.1 Å². The molecule has 9 heteroatoms. The van der Waals surface area contributed by atoms with Crippen LogP contribution in [0.1, 0.15) is 11.1 Å². The fraction of sp³-hybridized carbons (Fsp3) is 0.304. The number of aliphatic imine (C=N–C) groups is 1. The molecular weight excluding hydrogens is 426 g/mol. The lowest BCUT2D eigenvalue weighted by Gasteiger charge is -2.33. The second kappa shape index (κ2) is 10.3. The van der Waals surface area contributed by atoms with Gasteiger partial charge < -0.3 is 15.5 Å². The van der Waals surface area contributed by atoms with Gasteiger partial charge in [0.15, 0.2) is 0 Å². The molecule has 8 nitrogen and oxygen atoms in total. The van der Waals surface area contributed by atoms with E-state index in [9.17, 15) is 10.1 Å². The summed E-state index contributed by atoms with van der Waals surface area (Å²) in [6, 6.07) is 17.3. The van der Waals surface area contributed by atoms with Gasteiger partial charge in [-0.1, -0.05) is 54.1 Å². The summed E-state index contributed by atoms with van der Waals surface area (Å²) in [6.45, 7) is 2.65. The number of halogens is 1. The zero-order chi connectivity index (χ0) is 22.3. The number of carbonyl (C=O) groups is 1. The minimum atomic E-state index is -0.245. The molecule has 32 heavy (non-hydrogen) atoms. The molecule has 0 spiro atoms. The largest absolute Gasteiger partial charge is 0.354 e. The predicted octanol–water partition coefficient (Wildman–Crippen LogP) is 1.83. The highest BCUT2D eigenvalue weighted by Crippen LogP contribution is 2.22. The Balaban J connectivity index is 1.56. The molecule has 2 heterocycles. The van der Waals surface area contributed by atoms with Crippen LogP contribution < -0.4 is 10.6 Å². The molecule has 0 radical (unpaired) electrons. The SMILES string of the molecule is N#C/N=C(\NCCc1ccccc1)N1CC(N2CCNCC2=O)C(c2ccc(Cl)cc2)=N1. The van der Waals surface area contributed by atoms with Gasteiger partial charge in [0.25, 0.3) is 0 Å². The molecule has 2 aromatic carbocycles. The fourth-order valence-corrected chi connectivity index (χ4v) is 4.01. The molecule has 0 aliphatic carbocycles. The van der Waals surface area contributed by atoms with Crippen LogP contribution in [0, 0.1) is 11.5 Å². The first kappa shape index (κ1) is 21.8. The summed E-state index contributed by atoms with van der Waals surface area (Å²) in [5, 5.41) is 22.7. The number of rotatable bonds is 5. The number of piperazine rings is 1. The number of carbonyl (C=O) groups excluding carboxylic acids is 1. The van der Waals surface area contributed by atoms with Crippen molar-refractivity contribution in [3.8, 4) is 6.19 Å². The van der Waals surface area contributed by atoms with Gasteiger partial charge in [0.05, 0.1) is 24.8 Å². The zero-order valence-corrected chi connectivity index (χ0v) is 18.3. The van der Waals surface area contributed by atoms with E-state index in [-0.39, 0.29) is 11.9 Å². The van der Waals surface area contributed by atoms with Gasteiger partial charge in [-0.3, -0.25) is 4.79 Å². The smallest absolute Gasteiger partial charge is 0.237 e. The quantitative estimate of drug-likeness (QED) is 0.412. The van der Waals surface area contributed by atoms with Crippen LogP contribution in [0.5, 0.6) is 0 Å². The van der Waals surface area contributed by atoms with E-state index in [2.05, 4.69) is 27.8 Å². The van der Waals surface area contributed by atoms with E-state index in [1.165, 1.54) is 5.56 Å². The highest BCUT2D eigenvalue weighted by Gasteiger charge is 2.37. The van der Waals surface area contributed by atoms with Crippen LogP contribution in [0.4, 0.5) is 0 Å². The topological polar surface area (TPSA) is 96.1 Å². The van der Waals surface area contributed by atoms with Crippen LogP contribution in [0.25, 0.3) is 0 Å². The first-order chi connectivity index (χ1) is 15.7. The molecule has 0 aromatic heterocycles. The molecular formula is C23H24ClN7O. The van der Waals surface area contributed by atoms with Crippen molar-refractivity contribution < 1.29 is 4.79 Å². The number of nitriles is 1. The van der Waals surface area contributed by atoms with Crippen molar-refractivity contribution in [3.05, 3.63) is 70.7 Å². The Morgan fingerprint density at radius 1 is 1.25 bits per heavy atom. The van der Waals surface area contributed by atoms with Crippen molar-refractivity contribution in [2.45, 2.75) is 12.5 Å². The Bertz CT molecular complexity index is 1050. The van der Waals surface area contributed by atoms with E-state index in [1.807, 2.05) is 41.4 Å². The van der Waals surface area contributed by atoms with E-state index in [0.717, 1.165) is 24.2 Å². The maximum Gasteiger partial charge on any atom is 0.237 e. The average Bonchev–Trinajstić information content (AvgIpc) is 3.25. The molecule has 1 fully saturated rings. The van der Waals surface area contributed by atoms with Gasteiger partial charge in [-0.2, -0.15) is 10.4 Å². The van der Waals surface area contributed by atoms with Gasteiger partial charge in [0.1, 0.15) is 0 Å². The van der Waals surface area contributed by atoms with Gasteiger partial charge >= 0.3 is 0 Å². The first-order valence-electron chi connectivity index (χ1n) is 10.5. The number of benzene rings is 2. The Morgan fingerprint density at radius 2 is 2.03 bits per heavy atom. The summed E-state index contributed by atoms with van der Waals surface area (Å²) in [7, 11) is 0. The second-order valence-corrected chi connectivity index (χ2v) is 7.99. The number of hydrazone groups is 1. The van der Waals surface area contributed by atoms with Crippen molar-refractivity contribution >= 4 is 29.2 Å². The summed E-state index contributed by atoms with van der Waals surface area (Å²) < 4.78 is 0. The van der Waals surface area contributed by atoms with Crippen LogP contribution in [-0.4, -0.2) is 66.3 Å². The molecule has 2 N–H and O–H groups in total. The molecule has 4 rings (SSSR count). The molecule has 1 amide bonds. The number of nitrogens with zero attached hydrogens (tertiary/aromatic N) is 5. The predicted molar refractivity (Wildman–Crippen MR) is 124 cm³/mol. The lowest BCUT2D eigenvalue weighted by Crippen LogP contribution is -2.56. The molecule has 2 aromatic rings. The Morgan fingerprint density at radius 3 is 2.75 bits per heavy atom. The van der Waals surface area contributed by atoms with E-state index >= 15 is 0 Å². The molecule has 2 aliphatic heterocycles. The van der Waals surface area contributed by atoms with Crippen LogP contribution in [0.3, 0.4) is 0 Å². The van der Waals surface area contributed by atoms with Gasteiger partial charge in [-0.15, -0.1) is 4.99 Å². The highest BCUT2D eigenvalue weighted by atomic mass is 35.5. The van der Waals surface area contributed by atoms with Crippen LogP contribution in [0.15, 0.2) is 64.7 Å². The Kier molecular flexibility index (Phi) is 7.00. The van der Waals surface area contributed by atoms with Crippen molar-refractivity contribution in [1.82, 2.24) is 20.5 Å².